The summed E-state index contributed by atoms with van der Waals surface area (Å²) < 4.78 is 0. The van der Waals surface area contributed by atoms with Crippen molar-refractivity contribution in [2.45, 2.75) is 52.0 Å². The van der Waals surface area contributed by atoms with Crippen LogP contribution in [0.5, 0.6) is 0 Å². The highest BCUT2D eigenvalue weighted by Gasteiger charge is 2.10. The molecule has 1 aromatic carbocycles. The lowest BCUT2D eigenvalue weighted by molar-refractivity contribution is 0.544. The van der Waals surface area contributed by atoms with Gasteiger partial charge in [0.05, 0.1) is 6.04 Å². The Morgan fingerprint density at radius 2 is 1.78 bits per heavy atom. The molecule has 0 heterocycles. The molecule has 1 N–H and O–H groups in total. The van der Waals surface area contributed by atoms with Crippen molar-refractivity contribution in [1.82, 2.24) is 5.32 Å². The lowest BCUT2D eigenvalue weighted by Crippen LogP contribution is -2.23. The van der Waals surface area contributed by atoms with Gasteiger partial charge < -0.3 is 5.32 Å². The van der Waals surface area contributed by atoms with Crippen LogP contribution in [-0.4, -0.2) is 6.54 Å². The fourth-order valence-corrected chi connectivity index (χ4v) is 2.20. The molecule has 0 saturated heterocycles. The molecular weight excluding hydrogens is 218 g/mol. The smallest absolute Gasteiger partial charge is 0.0530 e. The maximum Gasteiger partial charge on any atom is 0.0530 e. The van der Waals surface area contributed by atoms with Crippen LogP contribution in [0, 0.1) is 0 Å². The first-order valence-electron chi connectivity index (χ1n) is 7.19. The van der Waals surface area contributed by atoms with E-state index >= 15 is 0 Å². The van der Waals surface area contributed by atoms with Gasteiger partial charge in [0.25, 0.3) is 0 Å². The normalized spacial score (nSPS) is 12.3. The van der Waals surface area contributed by atoms with Crippen molar-refractivity contribution in [2.75, 3.05) is 6.54 Å². The van der Waals surface area contributed by atoms with Crippen molar-refractivity contribution in [3.8, 4) is 0 Å². The molecule has 0 amide bonds. The predicted octanol–water partition coefficient (Wildman–Crippen LogP) is 4.86. The van der Waals surface area contributed by atoms with Crippen LogP contribution >= 0.6 is 0 Å². The quantitative estimate of drug-likeness (QED) is 0.484. The summed E-state index contributed by atoms with van der Waals surface area (Å²) in [6.45, 7) is 9.53. The van der Waals surface area contributed by atoms with Crippen LogP contribution in [0.1, 0.15) is 57.6 Å². The Labute approximate surface area is 112 Å². The highest BCUT2D eigenvalue weighted by molar-refractivity contribution is 5.25. The van der Waals surface area contributed by atoms with E-state index in [0.717, 1.165) is 6.54 Å². The Kier molecular flexibility index (Phi) is 7.43. The van der Waals surface area contributed by atoms with Crippen LogP contribution in [-0.2, 0) is 0 Å². The molecule has 1 unspecified atom stereocenters. The Morgan fingerprint density at radius 1 is 1.11 bits per heavy atom. The Morgan fingerprint density at radius 3 is 2.39 bits per heavy atom. The van der Waals surface area contributed by atoms with Crippen LogP contribution in [0.25, 0.3) is 0 Å². The molecule has 0 aliphatic heterocycles. The first-order chi connectivity index (χ1) is 8.75. The molecule has 1 heteroatoms. The highest BCUT2D eigenvalue weighted by atomic mass is 14.9. The Bertz CT molecular complexity index is 329. The third-order valence-electron chi connectivity index (χ3n) is 3.25. The van der Waals surface area contributed by atoms with Crippen molar-refractivity contribution in [2.24, 2.45) is 0 Å². The van der Waals surface area contributed by atoms with E-state index in [0.29, 0.717) is 6.04 Å². The standard InChI is InChI=1S/C17H27N/c1-4-5-6-7-11-14-18-17(15(2)3)16-12-9-8-10-13-16/h8-10,12-13,17-18H,2,4-7,11,14H2,1,3H3. The van der Waals surface area contributed by atoms with Gasteiger partial charge in [-0.3, -0.25) is 0 Å². The maximum absolute atomic E-state index is 4.10. The first kappa shape index (κ1) is 15.0. The number of unbranched alkanes of at least 4 members (excludes halogenated alkanes) is 4. The zero-order valence-corrected chi connectivity index (χ0v) is 11.9. The topological polar surface area (TPSA) is 12.0 Å². The molecule has 1 aromatic rings. The van der Waals surface area contributed by atoms with Crippen molar-refractivity contribution >= 4 is 0 Å². The number of rotatable bonds is 9. The molecule has 1 nitrogen and oxygen atoms in total. The predicted molar refractivity (Wildman–Crippen MR) is 80.8 cm³/mol. The van der Waals surface area contributed by atoms with Gasteiger partial charge in [-0.1, -0.05) is 75.1 Å². The molecule has 0 aromatic heterocycles. The molecule has 0 spiro atoms. The minimum absolute atomic E-state index is 0.303. The highest BCUT2D eigenvalue weighted by Crippen LogP contribution is 2.19. The van der Waals surface area contributed by atoms with Crippen molar-refractivity contribution in [3.05, 3.63) is 48.0 Å². The fraction of sp³-hybridized carbons (Fsp3) is 0.529. The molecule has 100 valence electrons. The second-order valence-electron chi connectivity index (χ2n) is 5.06. The second-order valence-corrected chi connectivity index (χ2v) is 5.06. The molecule has 0 radical (unpaired) electrons. The maximum atomic E-state index is 4.10. The molecular formula is C17H27N. The SMILES string of the molecule is C=C(C)C(NCCCCCCC)c1ccccc1. The minimum Gasteiger partial charge on any atom is -0.307 e. The molecule has 18 heavy (non-hydrogen) atoms. The number of hydrogen-bond acceptors (Lipinski definition) is 1. The molecule has 1 atom stereocenters. The molecule has 0 bridgehead atoms. The average molecular weight is 245 g/mol. The molecule has 0 aliphatic carbocycles. The van der Waals surface area contributed by atoms with Crippen LogP contribution < -0.4 is 5.32 Å². The van der Waals surface area contributed by atoms with Gasteiger partial charge in [0, 0.05) is 0 Å². The lowest BCUT2D eigenvalue weighted by Gasteiger charge is -2.19. The zero-order chi connectivity index (χ0) is 13.2. The molecule has 0 fully saturated rings. The second kappa shape index (κ2) is 8.93. The Balaban J connectivity index is 2.34. The zero-order valence-electron chi connectivity index (χ0n) is 11.9. The number of benzene rings is 1. The van der Waals surface area contributed by atoms with Crippen LogP contribution in [0.15, 0.2) is 42.5 Å². The third kappa shape index (κ3) is 5.50. The van der Waals surface area contributed by atoms with Gasteiger partial charge >= 0.3 is 0 Å². The fourth-order valence-electron chi connectivity index (χ4n) is 2.20. The van der Waals surface area contributed by atoms with E-state index in [1.807, 2.05) is 0 Å². The molecule has 0 saturated carbocycles. The van der Waals surface area contributed by atoms with Gasteiger partial charge in [-0.25, -0.2) is 0 Å². The van der Waals surface area contributed by atoms with Crippen LogP contribution in [0.4, 0.5) is 0 Å². The lowest BCUT2D eigenvalue weighted by atomic mass is 10.0. The van der Waals surface area contributed by atoms with Crippen LogP contribution in [0.2, 0.25) is 0 Å². The van der Waals surface area contributed by atoms with Crippen LogP contribution in [0.3, 0.4) is 0 Å². The van der Waals surface area contributed by atoms with E-state index in [2.05, 4.69) is 56.1 Å². The summed E-state index contributed by atoms with van der Waals surface area (Å²) in [5.74, 6) is 0. The molecule has 1 rings (SSSR count). The van der Waals surface area contributed by atoms with E-state index in [1.54, 1.807) is 0 Å². The summed E-state index contributed by atoms with van der Waals surface area (Å²) in [5, 5.41) is 3.61. The summed E-state index contributed by atoms with van der Waals surface area (Å²) in [6.07, 6.45) is 6.63. The summed E-state index contributed by atoms with van der Waals surface area (Å²) in [5.41, 5.74) is 2.51. The number of nitrogens with one attached hydrogen (secondary N) is 1. The largest absolute Gasteiger partial charge is 0.307 e. The van der Waals surface area contributed by atoms with Gasteiger partial charge in [0.15, 0.2) is 0 Å². The van der Waals surface area contributed by atoms with Gasteiger partial charge in [-0.05, 0) is 25.5 Å². The number of hydrogen-bond donors (Lipinski definition) is 1. The summed E-state index contributed by atoms with van der Waals surface area (Å²) in [7, 11) is 0. The summed E-state index contributed by atoms with van der Waals surface area (Å²) in [6, 6.07) is 10.9. The van der Waals surface area contributed by atoms with E-state index in [9.17, 15) is 0 Å². The van der Waals surface area contributed by atoms with E-state index in [-0.39, 0.29) is 0 Å². The molecule has 0 aliphatic rings. The van der Waals surface area contributed by atoms with E-state index in [4.69, 9.17) is 0 Å². The summed E-state index contributed by atoms with van der Waals surface area (Å²) in [4.78, 5) is 0. The van der Waals surface area contributed by atoms with Gasteiger partial charge in [-0.2, -0.15) is 0 Å². The Hall–Kier alpha value is -1.08. The summed E-state index contributed by atoms with van der Waals surface area (Å²) >= 11 is 0. The van der Waals surface area contributed by atoms with E-state index in [1.165, 1.54) is 43.2 Å². The van der Waals surface area contributed by atoms with Gasteiger partial charge in [0.2, 0.25) is 0 Å². The van der Waals surface area contributed by atoms with Crippen molar-refractivity contribution < 1.29 is 0 Å². The van der Waals surface area contributed by atoms with Crippen molar-refractivity contribution in [1.29, 1.82) is 0 Å². The average Bonchev–Trinajstić information content (AvgIpc) is 2.38. The van der Waals surface area contributed by atoms with Gasteiger partial charge in [-0.15, -0.1) is 0 Å². The van der Waals surface area contributed by atoms with E-state index < -0.39 is 0 Å². The van der Waals surface area contributed by atoms with Crippen molar-refractivity contribution in [3.63, 3.8) is 0 Å². The van der Waals surface area contributed by atoms with Gasteiger partial charge in [0.1, 0.15) is 0 Å². The third-order valence-corrected chi connectivity index (χ3v) is 3.25. The monoisotopic (exact) mass is 245 g/mol. The first-order valence-corrected chi connectivity index (χ1v) is 7.19. The minimum atomic E-state index is 0.303.